The van der Waals surface area contributed by atoms with E-state index in [1.54, 1.807) is 0 Å². The van der Waals surface area contributed by atoms with Gasteiger partial charge in [-0.2, -0.15) is 0 Å². The second-order valence-electron chi connectivity index (χ2n) is 5.31. The van der Waals surface area contributed by atoms with Crippen molar-refractivity contribution in [3.05, 3.63) is 74.0 Å². The molecule has 0 aliphatic rings. The van der Waals surface area contributed by atoms with Crippen LogP contribution in [0.3, 0.4) is 0 Å². The van der Waals surface area contributed by atoms with Crippen molar-refractivity contribution in [2.24, 2.45) is 0 Å². The molecule has 3 rings (SSSR count). The number of nitro groups is 1. The van der Waals surface area contributed by atoms with E-state index in [0.29, 0.717) is 0 Å². The van der Waals surface area contributed by atoms with Gasteiger partial charge in [-0.15, -0.1) is 0 Å². The number of nitrogens with one attached hydrogen (secondary N) is 1. The summed E-state index contributed by atoms with van der Waals surface area (Å²) >= 11 is 5.75. The maximum absolute atomic E-state index is 13.7. The van der Waals surface area contributed by atoms with E-state index in [1.165, 1.54) is 30.3 Å². The lowest BCUT2D eigenvalue weighted by Crippen LogP contribution is -2.28. The predicted molar refractivity (Wildman–Crippen MR) is 92.7 cm³/mol. The normalized spacial score (nSPS) is 10.7. The zero-order chi connectivity index (χ0) is 18.8. The van der Waals surface area contributed by atoms with Crippen LogP contribution in [0.5, 0.6) is 0 Å². The minimum atomic E-state index is -0.668. The minimum Gasteiger partial charge on any atom is -0.322 e. The van der Waals surface area contributed by atoms with Crippen LogP contribution in [0.25, 0.3) is 10.9 Å². The van der Waals surface area contributed by atoms with E-state index in [2.05, 4.69) is 10.3 Å². The number of non-ortho nitro benzene ring substituents is 1. The fourth-order valence-electron chi connectivity index (χ4n) is 2.31. The number of nitro benzene ring substituents is 1. The first kappa shape index (κ1) is 17.5. The molecule has 0 bridgehead atoms. The van der Waals surface area contributed by atoms with Gasteiger partial charge in [0.1, 0.15) is 12.4 Å². The molecule has 1 amide bonds. The number of rotatable bonds is 4. The molecule has 0 atom stereocenters. The van der Waals surface area contributed by atoms with Crippen molar-refractivity contribution in [3.8, 4) is 0 Å². The van der Waals surface area contributed by atoms with Crippen LogP contribution in [0.4, 0.5) is 15.8 Å². The van der Waals surface area contributed by atoms with Gasteiger partial charge in [0.25, 0.3) is 11.2 Å². The van der Waals surface area contributed by atoms with Crippen molar-refractivity contribution < 1.29 is 14.1 Å². The molecule has 1 heterocycles. The lowest BCUT2D eigenvalue weighted by molar-refractivity contribution is -0.384. The largest absolute Gasteiger partial charge is 0.322 e. The molecule has 0 aliphatic heterocycles. The summed E-state index contributed by atoms with van der Waals surface area (Å²) in [5.74, 6) is -1.32. The molecule has 0 unspecified atom stereocenters. The molecule has 26 heavy (non-hydrogen) atoms. The Bertz CT molecular complexity index is 1100. The number of fused-ring (bicyclic) bond motifs is 1. The topological polar surface area (TPSA) is 107 Å². The van der Waals surface area contributed by atoms with Crippen LogP contribution in [-0.2, 0) is 11.3 Å². The molecule has 10 heteroatoms. The van der Waals surface area contributed by atoms with Gasteiger partial charge >= 0.3 is 0 Å². The highest BCUT2D eigenvalue weighted by molar-refractivity contribution is 6.30. The van der Waals surface area contributed by atoms with E-state index in [9.17, 15) is 24.1 Å². The van der Waals surface area contributed by atoms with E-state index >= 15 is 0 Å². The maximum Gasteiger partial charge on any atom is 0.271 e. The monoisotopic (exact) mass is 376 g/mol. The Hall–Kier alpha value is -3.33. The van der Waals surface area contributed by atoms with E-state index in [-0.39, 0.29) is 27.3 Å². The Morgan fingerprint density at radius 1 is 1.31 bits per heavy atom. The molecule has 0 saturated heterocycles. The first-order valence-corrected chi connectivity index (χ1v) is 7.61. The molecule has 132 valence electrons. The van der Waals surface area contributed by atoms with Crippen LogP contribution in [-0.4, -0.2) is 20.4 Å². The van der Waals surface area contributed by atoms with Gasteiger partial charge in [-0.3, -0.25) is 24.3 Å². The fourth-order valence-corrected chi connectivity index (χ4v) is 2.48. The number of amides is 1. The maximum atomic E-state index is 13.7. The summed E-state index contributed by atoms with van der Waals surface area (Å²) < 4.78 is 14.7. The Labute approximate surface area is 150 Å². The third-order valence-corrected chi connectivity index (χ3v) is 3.77. The average molecular weight is 377 g/mol. The number of benzene rings is 2. The molecule has 2 aromatic carbocycles. The fraction of sp³-hybridized carbons (Fsp3) is 0.0625. The number of nitrogens with zero attached hydrogens (tertiary/aromatic N) is 3. The minimum absolute atomic E-state index is 0.111. The van der Waals surface area contributed by atoms with Gasteiger partial charge in [-0.25, -0.2) is 9.37 Å². The van der Waals surface area contributed by atoms with E-state index in [1.807, 2.05) is 0 Å². The molecular weight excluding hydrogens is 367 g/mol. The highest BCUT2D eigenvalue weighted by Crippen LogP contribution is 2.19. The van der Waals surface area contributed by atoms with Crippen LogP contribution in [0.1, 0.15) is 0 Å². The van der Waals surface area contributed by atoms with Gasteiger partial charge in [0.05, 0.1) is 27.8 Å². The number of hydrogen-bond acceptors (Lipinski definition) is 5. The summed E-state index contributed by atoms with van der Waals surface area (Å²) in [6.07, 6.45) is 1.10. The lowest BCUT2D eigenvalue weighted by Gasteiger charge is -2.09. The standard InChI is InChI=1S/C16H10ClFN4O4/c17-9-1-4-12(18)14(5-9)20-15(23)7-21-8-19-13-6-10(22(25)26)2-3-11(13)16(21)24/h1-6,8H,7H2,(H,20,23). The summed E-state index contributed by atoms with van der Waals surface area (Å²) in [6, 6.07) is 7.31. The number of carbonyl (C=O) groups is 1. The van der Waals surface area contributed by atoms with Crippen molar-refractivity contribution in [2.45, 2.75) is 6.54 Å². The predicted octanol–water partition coefficient (Wildman–Crippen LogP) is 2.74. The zero-order valence-electron chi connectivity index (χ0n) is 13.0. The molecular formula is C16H10ClFN4O4. The molecule has 0 fully saturated rings. The van der Waals surface area contributed by atoms with E-state index < -0.39 is 28.8 Å². The van der Waals surface area contributed by atoms with Crippen molar-refractivity contribution in [1.29, 1.82) is 0 Å². The highest BCUT2D eigenvalue weighted by Gasteiger charge is 2.13. The average Bonchev–Trinajstić information content (AvgIpc) is 2.60. The smallest absolute Gasteiger partial charge is 0.271 e. The Morgan fingerprint density at radius 2 is 2.08 bits per heavy atom. The molecule has 1 aromatic heterocycles. The number of aromatic nitrogens is 2. The van der Waals surface area contributed by atoms with Crippen molar-refractivity contribution >= 4 is 39.8 Å². The zero-order valence-corrected chi connectivity index (χ0v) is 13.7. The van der Waals surface area contributed by atoms with Gasteiger partial charge in [0, 0.05) is 17.2 Å². The summed E-state index contributed by atoms with van der Waals surface area (Å²) in [4.78, 5) is 38.6. The quantitative estimate of drug-likeness (QED) is 0.556. The SMILES string of the molecule is O=C(Cn1cnc2cc([N+](=O)[O-])ccc2c1=O)Nc1cc(Cl)ccc1F. The number of hydrogen-bond donors (Lipinski definition) is 1. The molecule has 0 radical (unpaired) electrons. The lowest BCUT2D eigenvalue weighted by atomic mass is 10.2. The third kappa shape index (κ3) is 3.52. The van der Waals surface area contributed by atoms with Crippen LogP contribution >= 0.6 is 11.6 Å². The van der Waals surface area contributed by atoms with Gasteiger partial charge in [0.15, 0.2) is 0 Å². The molecule has 3 aromatic rings. The molecule has 0 aliphatic carbocycles. The van der Waals surface area contributed by atoms with Gasteiger partial charge in [-0.1, -0.05) is 11.6 Å². The summed E-state index contributed by atoms with van der Waals surface area (Å²) in [6.45, 7) is -0.412. The van der Waals surface area contributed by atoms with Gasteiger partial charge < -0.3 is 5.32 Å². The van der Waals surface area contributed by atoms with Crippen LogP contribution in [0.15, 0.2) is 47.5 Å². The number of halogens is 2. The Balaban J connectivity index is 1.86. The van der Waals surface area contributed by atoms with E-state index in [4.69, 9.17) is 11.6 Å². The van der Waals surface area contributed by atoms with Crippen LogP contribution < -0.4 is 10.9 Å². The Morgan fingerprint density at radius 3 is 2.81 bits per heavy atom. The summed E-state index contributed by atoms with van der Waals surface area (Å²) in [5.41, 5.74) is -0.718. The van der Waals surface area contributed by atoms with Gasteiger partial charge in [0.2, 0.25) is 5.91 Å². The number of carbonyl (C=O) groups excluding carboxylic acids is 1. The first-order chi connectivity index (χ1) is 12.3. The van der Waals surface area contributed by atoms with Crippen molar-refractivity contribution in [3.63, 3.8) is 0 Å². The molecule has 0 spiro atoms. The number of anilines is 1. The molecule has 1 N–H and O–H groups in total. The highest BCUT2D eigenvalue weighted by atomic mass is 35.5. The molecule has 0 saturated carbocycles. The second-order valence-corrected chi connectivity index (χ2v) is 5.74. The van der Waals surface area contributed by atoms with Crippen molar-refractivity contribution in [2.75, 3.05) is 5.32 Å². The summed E-state index contributed by atoms with van der Waals surface area (Å²) in [5, 5.41) is 13.5. The third-order valence-electron chi connectivity index (χ3n) is 3.54. The summed E-state index contributed by atoms with van der Waals surface area (Å²) in [7, 11) is 0. The molecule has 8 nitrogen and oxygen atoms in total. The van der Waals surface area contributed by atoms with Gasteiger partial charge in [-0.05, 0) is 24.3 Å². The Kier molecular flexibility index (Phi) is 4.63. The van der Waals surface area contributed by atoms with Crippen molar-refractivity contribution in [1.82, 2.24) is 9.55 Å². The van der Waals surface area contributed by atoms with Crippen LogP contribution in [0, 0.1) is 15.9 Å². The first-order valence-electron chi connectivity index (χ1n) is 7.23. The van der Waals surface area contributed by atoms with E-state index in [0.717, 1.165) is 17.0 Å². The van der Waals surface area contributed by atoms with Crippen LogP contribution in [0.2, 0.25) is 5.02 Å². The second kappa shape index (κ2) is 6.89.